The maximum absolute atomic E-state index is 13.7. The zero-order valence-corrected chi connectivity index (χ0v) is 9.59. The van der Waals surface area contributed by atoms with Gasteiger partial charge in [-0.15, -0.1) is 0 Å². The summed E-state index contributed by atoms with van der Waals surface area (Å²) in [6.45, 7) is 0. The van der Waals surface area contributed by atoms with E-state index in [4.69, 9.17) is 14.8 Å². The predicted octanol–water partition coefficient (Wildman–Crippen LogP) is 2.11. The Labute approximate surface area is 108 Å². The Balaban J connectivity index is 2.26. The van der Waals surface area contributed by atoms with Crippen LogP contribution in [-0.2, 0) is 0 Å². The third-order valence-electron chi connectivity index (χ3n) is 2.21. The van der Waals surface area contributed by atoms with Crippen LogP contribution in [-0.4, -0.2) is 17.4 Å². The van der Waals surface area contributed by atoms with E-state index < -0.39 is 24.7 Å². The second-order valence-corrected chi connectivity index (χ2v) is 3.55. The average molecular weight is 266 g/mol. The van der Waals surface area contributed by atoms with E-state index in [-0.39, 0.29) is 5.75 Å². The molecule has 0 aliphatic carbocycles. The molecule has 0 fully saturated rings. The number of hydrogen-bond acceptors (Lipinski definition) is 4. The summed E-state index contributed by atoms with van der Waals surface area (Å²) in [5.41, 5.74) is 0. The summed E-state index contributed by atoms with van der Waals surface area (Å²) < 4.78 is 36.6. The molecular formula is C12H9BF2O4. The van der Waals surface area contributed by atoms with Gasteiger partial charge in [0.2, 0.25) is 11.6 Å². The van der Waals surface area contributed by atoms with Crippen LogP contribution in [0.4, 0.5) is 8.78 Å². The first kappa shape index (κ1) is 13.3. The summed E-state index contributed by atoms with van der Waals surface area (Å²) in [5, 5.41) is 17.1. The molecular weight excluding hydrogens is 257 g/mol. The van der Waals surface area contributed by atoms with Gasteiger partial charge in [-0.3, -0.25) is 0 Å². The molecule has 7 heteroatoms. The highest BCUT2D eigenvalue weighted by Gasteiger charge is 2.20. The van der Waals surface area contributed by atoms with E-state index in [1.807, 2.05) is 0 Å². The van der Waals surface area contributed by atoms with Crippen LogP contribution >= 0.6 is 0 Å². The van der Waals surface area contributed by atoms with E-state index in [0.717, 1.165) is 12.1 Å². The van der Waals surface area contributed by atoms with Gasteiger partial charge in [-0.2, -0.15) is 8.78 Å². The molecule has 0 aliphatic rings. The fourth-order valence-corrected chi connectivity index (χ4v) is 1.41. The maximum Gasteiger partial charge on any atom is 0.707 e. The van der Waals surface area contributed by atoms with Gasteiger partial charge >= 0.3 is 7.32 Å². The number of rotatable bonds is 4. The van der Waals surface area contributed by atoms with E-state index in [2.05, 4.69) is 4.65 Å². The van der Waals surface area contributed by atoms with Crippen molar-refractivity contribution in [3.05, 3.63) is 54.1 Å². The largest absolute Gasteiger partial charge is 0.707 e. The molecule has 0 aliphatic heterocycles. The van der Waals surface area contributed by atoms with E-state index in [0.29, 0.717) is 5.75 Å². The van der Waals surface area contributed by atoms with Crippen LogP contribution < -0.4 is 9.39 Å². The minimum Gasteiger partial charge on any atom is -0.509 e. The zero-order chi connectivity index (χ0) is 13.8. The third kappa shape index (κ3) is 3.21. The van der Waals surface area contributed by atoms with Crippen molar-refractivity contribution in [1.82, 2.24) is 0 Å². The van der Waals surface area contributed by atoms with Gasteiger partial charge in [0.1, 0.15) is 11.5 Å². The number of ether oxygens (including phenoxy) is 1. The van der Waals surface area contributed by atoms with Gasteiger partial charge in [-0.25, -0.2) is 0 Å². The first-order chi connectivity index (χ1) is 9.08. The molecule has 0 amide bonds. The predicted molar refractivity (Wildman–Crippen MR) is 63.7 cm³/mol. The van der Waals surface area contributed by atoms with Crippen molar-refractivity contribution in [2.24, 2.45) is 0 Å². The molecule has 98 valence electrons. The summed E-state index contributed by atoms with van der Waals surface area (Å²) in [6, 6.07) is 10.5. The molecule has 19 heavy (non-hydrogen) atoms. The first-order valence-corrected chi connectivity index (χ1v) is 5.31. The highest BCUT2D eigenvalue weighted by Crippen LogP contribution is 2.30. The lowest BCUT2D eigenvalue weighted by Crippen LogP contribution is -2.21. The summed E-state index contributed by atoms with van der Waals surface area (Å²) in [7, 11) is -2.23. The van der Waals surface area contributed by atoms with E-state index in [9.17, 15) is 8.78 Å². The van der Waals surface area contributed by atoms with Gasteiger partial charge in [0, 0.05) is 0 Å². The quantitative estimate of drug-likeness (QED) is 0.832. The van der Waals surface area contributed by atoms with Gasteiger partial charge in [0.25, 0.3) is 0 Å². The highest BCUT2D eigenvalue weighted by atomic mass is 19.2. The Morgan fingerprint density at radius 3 is 2.05 bits per heavy atom. The molecule has 0 spiro atoms. The SMILES string of the molecule is OB(O)Oc1ccc(Oc2ccccc2)c(F)c1F. The second kappa shape index (κ2) is 5.68. The number of para-hydroxylation sites is 1. The van der Waals surface area contributed by atoms with Gasteiger partial charge in [0.15, 0.2) is 5.75 Å². The molecule has 0 unspecified atom stereocenters. The van der Waals surface area contributed by atoms with Gasteiger partial charge < -0.3 is 19.4 Å². The van der Waals surface area contributed by atoms with E-state index in [1.165, 1.54) is 0 Å². The molecule has 0 aromatic heterocycles. The molecule has 0 saturated heterocycles. The summed E-state index contributed by atoms with van der Waals surface area (Å²) >= 11 is 0. The smallest absolute Gasteiger partial charge is 0.509 e. The Hall–Kier alpha value is -2.12. The van der Waals surface area contributed by atoms with Crippen LogP contribution in [0, 0.1) is 11.6 Å². The molecule has 2 aromatic carbocycles. The molecule has 2 N–H and O–H groups in total. The number of benzene rings is 2. The van der Waals surface area contributed by atoms with Crippen molar-refractivity contribution >= 4 is 7.32 Å². The van der Waals surface area contributed by atoms with Crippen LogP contribution in [0.5, 0.6) is 17.2 Å². The van der Waals surface area contributed by atoms with Crippen molar-refractivity contribution < 1.29 is 28.2 Å². The van der Waals surface area contributed by atoms with Crippen LogP contribution in [0.3, 0.4) is 0 Å². The van der Waals surface area contributed by atoms with Crippen molar-refractivity contribution in [2.45, 2.75) is 0 Å². The normalized spacial score (nSPS) is 10.1. The topological polar surface area (TPSA) is 58.9 Å². The van der Waals surface area contributed by atoms with Crippen LogP contribution in [0.15, 0.2) is 42.5 Å². The van der Waals surface area contributed by atoms with Gasteiger partial charge in [-0.05, 0) is 24.3 Å². The molecule has 2 aromatic rings. The van der Waals surface area contributed by atoms with Crippen LogP contribution in [0.1, 0.15) is 0 Å². The van der Waals surface area contributed by atoms with Crippen molar-refractivity contribution in [3.63, 3.8) is 0 Å². The minimum absolute atomic E-state index is 0.330. The monoisotopic (exact) mass is 266 g/mol. The summed E-state index contributed by atoms with van der Waals surface area (Å²) in [5.74, 6) is -3.24. The van der Waals surface area contributed by atoms with Gasteiger partial charge in [-0.1, -0.05) is 18.2 Å². The van der Waals surface area contributed by atoms with Gasteiger partial charge in [0.05, 0.1) is 0 Å². The highest BCUT2D eigenvalue weighted by molar-refractivity contribution is 6.33. The summed E-state index contributed by atoms with van der Waals surface area (Å²) in [4.78, 5) is 0. The molecule has 0 heterocycles. The van der Waals surface area contributed by atoms with Crippen molar-refractivity contribution in [2.75, 3.05) is 0 Å². The first-order valence-electron chi connectivity index (χ1n) is 5.31. The Morgan fingerprint density at radius 1 is 0.842 bits per heavy atom. The minimum atomic E-state index is -2.23. The Kier molecular flexibility index (Phi) is 3.98. The Morgan fingerprint density at radius 2 is 1.42 bits per heavy atom. The maximum atomic E-state index is 13.7. The molecule has 4 nitrogen and oxygen atoms in total. The Bertz CT molecular complexity index is 563. The van der Waals surface area contributed by atoms with Crippen LogP contribution in [0.2, 0.25) is 0 Å². The molecule has 0 bridgehead atoms. The molecule has 2 rings (SSSR count). The fraction of sp³-hybridized carbons (Fsp3) is 0. The van der Waals surface area contributed by atoms with Crippen LogP contribution in [0.25, 0.3) is 0 Å². The third-order valence-corrected chi connectivity index (χ3v) is 2.21. The summed E-state index contributed by atoms with van der Waals surface area (Å²) in [6.07, 6.45) is 0. The number of hydrogen-bond donors (Lipinski definition) is 2. The molecule has 0 atom stereocenters. The average Bonchev–Trinajstić information content (AvgIpc) is 2.39. The lowest BCUT2D eigenvalue weighted by Gasteiger charge is -2.10. The van der Waals surface area contributed by atoms with E-state index >= 15 is 0 Å². The standard InChI is InChI=1S/C12H9BF2O4/c14-11-9(18-8-4-2-1-3-5-8)6-7-10(12(11)15)19-13(16)17/h1-7,16-17H. The van der Waals surface area contributed by atoms with E-state index in [1.54, 1.807) is 30.3 Å². The lowest BCUT2D eigenvalue weighted by molar-refractivity contribution is 0.278. The zero-order valence-electron chi connectivity index (χ0n) is 9.59. The fourth-order valence-electron chi connectivity index (χ4n) is 1.41. The molecule has 0 saturated carbocycles. The second-order valence-electron chi connectivity index (χ2n) is 3.55. The molecule has 0 radical (unpaired) electrons. The lowest BCUT2D eigenvalue weighted by atomic mass is 10.2. The number of halogens is 2. The van der Waals surface area contributed by atoms with Crippen molar-refractivity contribution in [3.8, 4) is 17.2 Å². The van der Waals surface area contributed by atoms with Crippen molar-refractivity contribution in [1.29, 1.82) is 0 Å².